The molecule has 2 heterocycles. The number of fused-ring (bicyclic) bond motifs is 1. The Labute approximate surface area is 150 Å². The van der Waals surface area contributed by atoms with Crippen LogP contribution in [0, 0.1) is 5.82 Å². The number of rotatable bonds is 2. The van der Waals surface area contributed by atoms with Gasteiger partial charge in [-0.2, -0.15) is 0 Å². The molecular weight excluding hydrogens is 337 g/mol. The van der Waals surface area contributed by atoms with Gasteiger partial charge in [-0.3, -0.25) is 4.79 Å². The van der Waals surface area contributed by atoms with E-state index in [1.807, 2.05) is 0 Å². The summed E-state index contributed by atoms with van der Waals surface area (Å²) < 4.78 is 23.9. The Bertz CT molecular complexity index is 843. The second-order valence-corrected chi connectivity index (χ2v) is 6.43. The molecule has 1 saturated heterocycles. The molecule has 2 aliphatic rings. The van der Waals surface area contributed by atoms with Crippen LogP contribution in [-0.2, 0) is 15.9 Å². The van der Waals surface area contributed by atoms with Crippen molar-refractivity contribution in [2.75, 3.05) is 26.3 Å². The predicted octanol–water partition coefficient (Wildman–Crippen LogP) is 2.75. The summed E-state index contributed by atoms with van der Waals surface area (Å²) in [6.45, 7) is 2.21. The van der Waals surface area contributed by atoms with Crippen molar-refractivity contribution in [3.8, 4) is 0 Å². The fourth-order valence-electron chi connectivity index (χ4n) is 3.34. The van der Waals surface area contributed by atoms with Crippen LogP contribution in [-0.4, -0.2) is 43.1 Å². The number of amides is 1. The van der Waals surface area contributed by atoms with Crippen molar-refractivity contribution in [1.82, 2.24) is 4.90 Å². The van der Waals surface area contributed by atoms with Gasteiger partial charge in [-0.25, -0.2) is 9.18 Å². The SMILES string of the molecule is O=C1O[C@@H](c2ccc(F)cc2)Cc2cc(C(=O)N3CCOCC3)ccc21. The normalized spacial score (nSPS) is 19.7. The minimum atomic E-state index is -0.482. The number of hydrogen-bond acceptors (Lipinski definition) is 4. The van der Waals surface area contributed by atoms with Crippen LogP contribution in [0.2, 0.25) is 0 Å². The Morgan fingerprint density at radius 1 is 1.08 bits per heavy atom. The lowest BCUT2D eigenvalue weighted by Crippen LogP contribution is -2.40. The van der Waals surface area contributed by atoms with Crippen LogP contribution < -0.4 is 0 Å². The second kappa shape index (κ2) is 6.88. The highest BCUT2D eigenvalue weighted by molar-refractivity contribution is 5.97. The Morgan fingerprint density at radius 3 is 2.54 bits per heavy atom. The topological polar surface area (TPSA) is 55.8 Å². The van der Waals surface area contributed by atoms with E-state index in [9.17, 15) is 14.0 Å². The lowest BCUT2D eigenvalue weighted by molar-refractivity contribution is 0.0249. The minimum Gasteiger partial charge on any atom is -0.454 e. The van der Waals surface area contributed by atoms with Gasteiger partial charge >= 0.3 is 5.97 Å². The number of ether oxygens (including phenoxy) is 2. The Morgan fingerprint density at radius 2 is 1.81 bits per heavy atom. The zero-order valence-electron chi connectivity index (χ0n) is 14.1. The highest BCUT2D eigenvalue weighted by Gasteiger charge is 2.29. The molecule has 5 nitrogen and oxygen atoms in total. The number of morpholine rings is 1. The van der Waals surface area contributed by atoms with E-state index in [0.717, 1.165) is 11.1 Å². The molecule has 1 amide bonds. The fourth-order valence-corrected chi connectivity index (χ4v) is 3.34. The molecule has 2 aliphatic heterocycles. The molecule has 1 fully saturated rings. The summed E-state index contributed by atoms with van der Waals surface area (Å²) in [6, 6.07) is 11.0. The summed E-state index contributed by atoms with van der Waals surface area (Å²) in [5.74, 6) is -0.825. The van der Waals surface area contributed by atoms with Crippen molar-refractivity contribution in [3.05, 3.63) is 70.5 Å². The van der Waals surface area contributed by atoms with E-state index in [0.29, 0.717) is 43.9 Å². The molecule has 0 unspecified atom stereocenters. The van der Waals surface area contributed by atoms with Gasteiger partial charge in [-0.1, -0.05) is 12.1 Å². The summed E-state index contributed by atoms with van der Waals surface area (Å²) in [5.41, 5.74) is 2.53. The maximum atomic E-state index is 13.1. The number of cyclic esters (lactones) is 1. The van der Waals surface area contributed by atoms with E-state index in [1.54, 1.807) is 35.2 Å². The highest BCUT2D eigenvalue weighted by atomic mass is 19.1. The molecule has 0 saturated carbocycles. The lowest BCUT2D eigenvalue weighted by atomic mass is 9.93. The molecule has 134 valence electrons. The zero-order valence-corrected chi connectivity index (χ0v) is 14.1. The average molecular weight is 355 g/mol. The van der Waals surface area contributed by atoms with Crippen molar-refractivity contribution >= 4 is 11.9 Å². The van der Waals surface area contributed by atoms with Gasteiger partial charge in [0.15, 0.2) is 0 Å². The van der Waals surface area contributed by atoms with E-state index in [2.05, 4.69) is 0 Å². The summed E-state index contributed by atoms with van der Waals surface area (Å²) in [5, 5.41) is 0. The molecule has 0 N–H and O–H groups in total. The smallest absolute Gasteiger partial charge is 0.339 e. The van der Waals surface area contributed by atoms with Gasteiger partial charge in [-0.15, -0.1) is 0 Å². The first-order valence-corrected chi connectivity index (χ1v) is 8.58. The average Bonchev–Trinajstić information content (AvgIpc) is 2.68. The van der Waals surface area contributed by atoms with Crippen molar-refractivity contribution in [2.45, 2.75) is 12.5 Å². The van der Waals surface area contributed by atoms with Crippen LogP contribution in [0.4, 0.5) is 4.39 Å². The largest absolute Gasteiger partial charge is 0.454 e. The predicted molar refractivity (Wildman–Crippen MR) is 91.4 cm³/mol. The van der Waals surface area contributed by atoms with Crippen LogP contribution in [0.25, 0.3) is 0 Å². The molecule has 0 bridgehead atoms. The number of esters is 1. The third kappa shape index (κ3) is 3.20. The van der Waals surface area contributed by atoms with Gasteiger partial charge in [0.1, 0.15) is 11.9 Å². The number of carbonyl (C=O) groups is 2. The van der Waals surface area contributed by atoms with Gasteiger partial charge in [0.05, 0.1) is 18.8 Å². The highest BCUT2D eigenvalue weighted by Crippen LogP contribution is 2.31. The standard InChI is InChI=1S/C20H18FNO4/c21-16-4-1-13(2-5-16)18-12-15-11-14(3-6-17(15)20(24)26-18)19(23)22-7-9-25-10-8-22/h1-6,11,18H,7-10,12H2/t18-/m1/s1. The Hall–Kier alpha value is -2.73. The zero-order chi connectivity index (χ0) is 18.1. The molecule has 0 aliphatic carbocycles. The quantitative estimate of drug-likeness (QED) is 0.778. The second-order valence-electron chi connectivity index (χ2n) is 6.43. The molecule has 4 rings (SSSR count). The van der Waals surface area contributed by atoms with Crippen LogP contribution in [0.15, 0.2) is 42.5 Å². The molecule has 0 aromatic heterocycles. The lowest BCUT2D eigenvalue weighted by Gasteiger charge is -2.28. The summed E-state index contributed by atoms with van der Waals surface area (Å²) in [6.07, 6.45) is -0.0268. The Balaban J connectivity index is 1.60. The van der Waals surface area contributed by atoms with Gasteiger partial charge in [0.25, 0.3) is 5.91 Å². The van der Waals surface area contributed by atoms with Gasteiger partial charge < -0.3 is 14.4 Å². The molecule has 2 aromatic carbocycles. The van der Waals surface area contributed by atoms with Crippen LogP contribution in [0.3, 0.4) is 0 Å². The Kier molecular flexibility index (Phi) is 4.42. The monoisotopic (exact) mass is 355 g/mol. The van der Waals surface area contributed by atoms with Gasteiger partial charge in [-0.05, 0) is 41.5 Å². The van der Waals surface area contributed by atoms with E-state index in [-0.39, 0.29) is 11.7 Å². The van der Waals surface area contributed by atoms with Crippen LogP contribution >= 0.6 is 0 Å². The number of nitrogens with zero attached hydrogens (tertiary/aromatic N) is 1. The minimum absolute atomic E-state index is 0.0617. The molecule has 0 radical (unpaired) electrons. The van der Waals surface area contributed by atoms with Crippen molar-refractivity contribution in [2.24, 2.45) is 0 Å². The summed E-state index contributed by atoms with van der Waals surface area (Å²) in [4.78, 5) is 26.7. The van der Waals surface area contributed by atoms with Gasteiger partial charge in [0.2, 0.25) is 0 Å². The molecule has 26 heavy (non-hydrogen) atoms. The van der Waals surface area contributed by atoms with Crippen LogP contribution in [0.1, 0.15) is 37.9 Å². The van der Waals surface area contributed by atoms with E-state index < -0.39 is 12.1 Å². The summed E-state index contributed by atoms with van der Waals surface area (Å²) >= 11 is 0. The van der Waals surface area contributed by atoms with Crippen molar-refractivity contribution in [1.29, 1.82) is 0 Å². The van der Waals surface area contributed by atoms with E-state index in [4.69, 9.17) is 9.47 Å². The van der Waals surface area contributed by atoms with E-state index >= 15 is 0 Å². The van der Waals surface area contributed by atoms with Gasteiger partial charge in [0, 0.05) is 25.1 Å². The van der Waals surface area contributed by atoms with Crippen LogP contribution in [0.5, 0.6) is 0 Å². The molecular formula is C20H18FNO4. The molecule has 6 heteroatoms. The first kappa shape index (κ1) is 16.7. The number of carbonyl (C=O) groups excluding carboxylic acids is 2. The molecule has 2 aromatic rings. The maximum Gasteiger partial charge on any atom is 0.339 e. The van der Waals surface area contributed by atoms with E-state index in [1.165, 1.54) is 12.1 Å². The first-order chi connectivity index (χ1) is 12.6. The number of hydrogen-bond donors (Lipinski definition) is 0. The first-order valence-electron chi connectivity index (χ1n) is 8.58. The number of benzene rings is 2. The number of halogens is 1. The third-order valence-corrected chi connectivity index (χ3v) is 4.77. The molecule has 1 atom stereocenters. The fraction of sp³-hybridized carbons (Fsp3) is 0.300. The maximum absolute atomic E-state index is 13.1. The third-order valence-electron chi connectivity index (χ3n) is 4.77. The van der Waals surface area contributed by atoms with Crippen molar-refractivity contribution in [3.63, 3.8) is 0 Å². The summed E-state index contributed by atoms with van der Waals surface area (Å²) in [7, 11) is 0. The van der Waals surface area contributed by atoms with Crippen molar-refractivity contribution < 1.29 is 23.5 Å². The molecule has 0 spiro atoms.